The number of hydrogen-bond acceptors (Lipinski definition) is 3. The topological polar surface area (TPSA) is 72.2 Å². The van der Waals surface area contributed by atoms with Crippen LogP contribution in [-0.4, -0.2) is 10.8 Å². The Morgan fingerprint density at radius 1 is 1.26 bits per heavy atom. The third-order valence-corrected chi connectivity index (χ3v) is 3.52. The quantitative estimate of drug-likeness (QED) is 0.675. The van der Waals surface area contributed by atoms with E-state index in [1.54, 1.807) is 0 Å². The lowest BCUT2D eigenvalue weighted by Crippen LogP contribution is -2.27. The van der Waals surface area contributed by atoms with Gasteiger partial charge in [-0.25, -0.2) is 8.78 Å². The Bertz CT molecular complexity index is 783. The minimum absolute atomic E-state index is 0.0748. The number of amides is 1. The fourth-order valence-electron chi connectivity index (χ4n) is 2.02. The van der Waals surface area contributed by atoms with Gasteiger partial charge in [0.1, 0.15) is 5.56 Å². The Labute approximate surface area is 135 Å². The molecule has 8 heteroatoms. The second kappa shape index (κ2) is 6.70. The standard InChI is InChI=1S/C15H11ClF2N2O3/c1-8(9-5-6-11(17)12(18)7-9)19-15(21)14-10(16)3-2-4-13(14)20(22)23/h2-8H,1H3,(H,19,21)/t8-/m1/s1. The SMILES string of the molecule is C[C@@H](NC(=O)c1c(Cl)cccc1[N+](=O)[O-])c1ccc(F)c(F)c1. The van der Waals surface area contributed by atoms with Gasteiger partial charge in [-0.1, -0.05) is 23.7 Å². The summed E-state index contributed by atoms with van der Waals surface area (Å²) in [6.07, 6.45) is 0. The lowest BCUT2D eigenvalue weighted by atomic mass is 10.1. The molecule has 0 unspecified atom stereocenters. The van der Waals surface area contributed by atoms with Gasteiger partial charge < -0.3 is 5.32 Å². The summed E-state index contributed by atoms with van der Waals surface area (Å²) in [7, 11) is 0. The van der Waals surface area contributed by atoms with Crippen LogP contribution in [0, 0.1) is 21.7 Å². The van der Waals surface area contributed by atoms with Gasteiger partial charge in [-0.3, -0.25) is 14.9 Å². The summed E-state index contributed by atoms with van der Waals surface area (Å²) in [4.78, 5) is 22.5. The summed E-state index contributed by atoms with van der Waals surface area (Å²) in [5.41, 5.74) is -0.409. The van der Waals surface area contributed by atoms with E-state index in [-0.39, 0.29) is 10.6 Å². The van der Waals surface area contributed by atoms with Crippen molar-refractivity contribution in [2.24, 2.45) is 0 Å². The molecule has 0 bridgehead atoms. The Kier molecular flexibility index (Phi) is 4.90. The van der Waals surface area contributed by atoms with E-state index in [1.165, 1.54) is 25.1 Å². The Morgan fingerprint density at radius 2 is 1.96 bits per heavy atom. The predicted octanol–water partition coefficient (Wildman–Crippen LogP) is 4.02. The molecule has 2 aromatic carbocycles. The van der Waals surface area contributed by atoms with E-state index < -0.39 is 34.2 Å². The Balaban J connectivity index is 2.28. The third-order valence-electron chi connectivity index (χ3n) is 3.21. The molecule has 2 aromatic rings. The average molecular weight is 341 g/mol. The third kappa shape index (κ3) is 3.62. The zero-order valence-electron chi connectivity index (χ0n) is 11.8. The summed E-state index contributed by atoms with van der Waals surface area (Å²) in [6.45, 7) is 1.53. The first kappa shape index (κ1) is 16.8. The second-order valence-corrected chi connectivity index (χ2v) is 5.17. The van der Waals surface area contributed by atoms with Crippen molar-refractivity contribution in [2.45, 2.75) is 13.0 Å². The highest BCUT2D eigenvalue weighted by Crippen LogP contribution is 2.27. The van der Waals surface area contributed by atoms with E-state index in [4.69, 9.17) is 11.6 Å². The van der Waals surface area contributed by atoms with Gasteiger partial charge in [0.2, 0.25) is 0 Å². The van der Waals surface area contributed by atoms with Gasteiger partial charge in [-0.15, -0.1) is 0 Å². The molecule has 0 aliphatic rings. The number of nitrogens with zero attached hydrogens (tertiary/aromatic N) is 1. The largest absolute Gasteiger partial charge is 0.345 e. The maximum absolute atomic E-state index is 13.2. The molecule has 2 rings (SSSR count). The smallest absolute Gasteiger partial charge is 0.283 e. The van der Waals surface area contributed by atoms with Crippen LogP contribution in [-0.2, 0) is 0 Å². The first-order chi connectivity index (χ1) is 10.8. The van der Waals surface area contributed by atoms with Gasteiger partial charge in [-0.05, 0) is 30.7 Å². The van der Waals surface area contributed by atoms with E-state index >= 15 is 0 Å². The van der Waals surface area contributed by atoms with Crippen molar-refractivity contribution in [1.29, 1.82) is 0 Å². The highest BCUT2D eigenvalue weighted by molar-refractivity contribution is 6.34. The molecule has 1 N–H and O–H groups in total. The molecule has 0 fully saturated rings. The number of carbonyl (C=O) groups excluding carboxylic acids is 1. The molecule has 120 valence electrons. The molecule has 0 saturated carbocycles. The van der Waals surface area contributed by atoms with Crippen molar-refractivity contribution >= 4 is 23.2 Å². The number of nitro benzene ring substituents is 1. The number of halogens is 3. The summed E-state index contributed by atoms with van der Waals surface area (Å²) in [6, 6.07) is 6.36. The summed E-state index contributed by atoms with van der Waals surface area (Å²) in [5.74, 6) is -2.83. The summed E-state index contributed by atoms with van der Waals surface area (Å²) < 4.78 is 26.2. The number of nitro groups is 1. The van der Waals surface area contributed by atoms with Gasteiger partial charge >= 0.3 is 0 Å². The van der Waals surface area contributed by atoms with Crippen LogP contribution >= 0.6 is 11.6 Å². The molecule has 0 heterocycles. The fraction of sp³-hybridized carbons (Fsp3) is 0.133. The molecule has 0 saturated heterocycles. The molecule has 5 nitrogen and oxygen atoms in total. The Morgan fingerprint density at radius 3 is 2.57 bits per heavy atom. The Hall–Kier alpha value is -2.54. The van der Waals surface area contributed by atoms with Crippen LogP contribution in [0.25, 0.3) is 0 Å². The normalized spacial score (nSPS) is 11.8. The monoisotopic (exact) mass is 340 g/mol. The van der Waals surface area contributed by atoms with Crippen molar-refractivity contribution in [1.82, 2.24) is 5.32 Å². The average Bonchev–Trinajstić information content (AvgIpc) is 2.49. The van der Waals surface area contributed by atoms with Crippen molar-refractivity contribution < 1.29 is 18.5 Å². The van der Waals surface area contributed by atoms with E-state index in [2.05, 4.69) is 5.32 Å². The number of benzene rings is 2. The molecular weight excluding hydrogens is 330 g/mol. The van der Waals surface area contributed by atoms with E-state index in [1.807, 2.05) is 0 Å². The minimum Gasteiger partial charge on any atom is -0.345 e. The fourth-order valence-corrected chi connectivity index (χ4v) is 2.28. The molecular formula is C15H11ClF2N2O3. The van der Waals surface area contributed by atoms with Crippen LogP contribution in [0.2, 0.25) is 5.02 Å². The van der Waals surface area contributed by atoms with Crippen LogP contribution in [0.3, 0.4) is 0 Å². The van der Waals surface area contributed by atoms with E-state index in [0.717, 1.165) is 18.2 Å². The number of nitrogens with one attached hydrogen (secondary N) is 1. The first-order valence-electron chi connectivity index (χ1n) is 6.50. The second-order valence-electron chi connectivity index (χ2n) is 4.76. The maximum atomic E-state index is 13.2. The van der Waals surface area contributed by atoms with E-state index in [9.17, 15) is 23.7 Å². The molecule has 0 spiro atoms. The van der Waals surface area contributed by atoms with Crippen molar-refractivity contribution in [2.75, 3.05) is 0 Å². The van der Waals surface area contributed by atoms with Crippen molar-refractivity contribution in [3.63, 3.8) is 0 Å². The van der Waals surface area contributed by atoms with Gasteiger partial charge in [0.05, 0.1) is 16.0 Å². The molecule has 23 heavy (non-hydrogen) atoms. The van der Waals surface area contributed by atoms with Crippen LogP contribution in [0.15, 0.2) is 36.4 Å². The summed E-state index contributed by atoms with van der Waals surface area (Å²) >= 11 is 5.87. The van der Waals surface area contributed by atoms with Crippen LogP contribution < -0.4 is 5.32 Å². The van der Waals surface area contributed by atoms with Gasteiger partial charge in [-0.2, -0.15) is 0 Å². The molecule has 0 aliphatic carbocycles. The zero-order chi connectivity index (χ0) is 17.1. The van der Waals surface area contributed by atoms with Gasteiger partial charge in [0, 0.05) is 6.07 Å². The van der Waals surface area contributed by atoms with Gasteiger partial charge in [0.15, 0.2) is 11.6 Å². The van der Waals surface area contributed by atoms with Crippen LogP contribution in [0.4, 0.5) is 14.5 Å². The lowest BCUT2D eigenvalue weighted by Gasteiger charge is -2.15. The number of rotatable bonds is 4. The molecule has 1 atom stereocenters. The van der Waals surface area contributed by atoms with Crippen LogP contribution in [0.5, 0.6) is 0 Å². The molecule has 0 aliphatic heterocycles. The zero-order valence-corrected chi connectivity index (χ0v) is 12.6. The van der Waals surface area contributed by atoms with E-state index in [0.29, 0.717) is 5.56 Å². The van der Waals surface area contributed by atoms with Crippen LogP contribution in [0.1, 0.15) is 28.9 Å². The highest BCUT2D eigenvalue weighted by atomic mass is 35.5. The predicted molar refractivity (Wildman–Crippen MR) is 80.3 cm³/mol. The molecule has 0 aromatic heterocycles. The summed E-state index contributed by atoms with van der Waals surface area (Å²) in [5, 5.41) is 13.4. The van der Waals surface area contributed by atoms with Crippen molar-refractivity contribution in [3.8, 4) is 0 Å². The van der Waals surface area contributed by atoms with Crippen molar-refractivity contribution in [3.05, 3.63) is 74.3 Å². The maximum Gasteiger partial charge on any atom is 0.283 e. The first-order valence-corrected chi connectivity index (χ1v) is 6.87. The molecule has 1 amide bonds. The lowest BCUT2D eigenvalue weighted by molar-refractivity contribution is -0.385. The number of carbonyl (C=O) groups is 1. The van der Waals surface area contributed by atoms with Gasteiger partial charge in [0.25, 0.3) is 11.6 Å². The number of hydrogen-bond donors (Lipinski definition) is 1. The highest BCUT2D eigenvalue weighted by Gasteiger charge is 2.24. The molecule has 0 radical (unpaired) electrons. The minimum atomic E-state index is -1.05.